The number of carboxylic acids is 1. The van der Waals surface area contributed by atoms with E-state index in [4.69, 9.17) is 29.0 Å². The van der Waals surface area contributed by atoms with Crippen LogP contribution in [0, 0.1) is 23.5 Å². The molecule has 1 amide bonds. The summed E-state index contributed by atoms with van der Waals surface area (Å²) in [4.78, 5) is 40.6. The van der Waals surface area contributed by atoms with Crippen LogP contribution in [0.3, 0.4) is 0 Å². The van der Waals surface area contributed by atoms with Crippen molar-refractivity contribution < 1.29 is 42.4 Å². The summed E-state index contributed by atoms with van der Waals surface area (Å²) in [6, 6.07) is 7.67. The molecule has 0 atom stereocenters. The highest BCUT2D eigenvalue weighted by atomic mass is 19.1. The number of carbonyl (C=O) groups excluding carboxylic acids is 1. The van der Waals surface area contributed by atoms with Crippen molar-refractivity contribution in [1.82, 2.24) is 59.2 Å². The number of carboxylic acid groups (broad SMARTS) is 1. The molecule has 6 aromatic rings. The van der Waals surface area contributed by atoms with Crippen molar-refractivity contribution in [3.05, 3.63) is 118 Å². The molecule has 4 fully saturated rings. The van der Waals surface area contributed by atoms with E-state index < -0.39 is 5.97 Å². The predicted octanol–water partition coefficient (Wildman–Crippen LogP) is 6.81. The zero-order valence-electron chi connectivity index (χ0n) is 47.4. The summed E-state index contributed by atoms with van der Waals surface area (Å²) in [6.07, 6.45) is 24.9. The molecule has 14 rings (SSSR count). The Kier molecular flexibility index (Phi) is 18.0. The molecule has 2 aromatic carbocycles. The summed E-state index contributed by atoms with van der Waals surface area (Å²) in [7, 11) is 0. The standard InChI is InChI=1S/C31H37FN6O3.C20H20FN5O.C11H19NO3/c32-27-2-3-28-25(11-18-41-28)24(27)1-4-29-33-19-26(30-35-34-20-38(29)30)21-5-14-37(15-6-21)31(39)22-7-12-36(13-8-22)23-9-16-40-17-10-23;21-17-2-3-18-15(7-10-27-18)14(17)1-4-19-23-11-16(13-5-8-22-9-6-13)20-25-24-12-26(19)20;13-11(14)9-1-5-12(6-2-9)10-3-7-15-8-4-10/h2-3,5,19-20,22-23H,1,4,6-18H2;2-3,5,11-12,22H,1,4,6-10H2;9-10H,1-8H2,(H,13,14). The minimum Gasteiger partial charge on any atom is -0.493 e. The van der Waals surface area contributed by atoms with Gasteiger partial charge in [-0.15, -0.1) is 20.4 Å². The maximum Gasteiger partial charge on any atom is 0.306 e. The number of hydrogen-bond acceptors (Lipinski definition) is 15. The third-order valence-electron chi connectivity index (χ3n) is 18.3. The van der Waals surface area contributed by atoms with E-state index in [1.807, 2.05) is 26.1 Å². The summed E-state index contributed by atoms with van der Waals surface area (Å²) in [5, 5.41) is 29.2. The highest BCUT2D eigenvalue weighted by Crippen LogP contribution is 2.34. The molecule has 21 heteroatoms. The van der Waals surface area contributed by atoms with E-state index in [0.29, 0.717) is 69.6 Å². The Labute approximate surface area is 482 Å². The van der Waals surface area contributed by atoms with Gasteiger partial charge < -0.3 is 44.1 Å². The second-order valence-corrected chi connectivity index (χ2v) is 23.0. The van der Waals surface area contributed by atoms with Gasteiger partial charge in [-0.05, 0) is 156 Å². The molecule has 19 nitrogen and oxygen atoms in total. The van der Waals surface area contributed by atoms with E-state index in [0.717, 1.165) is 211 Å². The maximum atomic E-state index is 14.7. The lowest BCUT2D eigenvalue weighted by Crippen LogP contribution is -2.47. The highest BCUT2D eigenvalue weighted by Gasteiger charge is 2.34. The number of ether oxygens (including phenoxy) is 4. The number of fused-ring (bicyclic) bond motifs is 4. The van der Waals surface area contributed by atoms with Crippen molar-refractivity contribution in [3.8, 4) is 11.5 Å². The number of carbonyl (C=O) groups is 2. The molecule has 0 aliphatic carbocycles. The zero-order valence-corrected chi connectivity index (χ0v) is 47.4. The molecule has 12 heterocycles. The van der Waals surface area contributed by atoms with E-state index >= 15 is 0 Å². The molecule has 2 N–H and O–H groups in total. The number of hydrogen-bond donors (Lipinski definition) is 2. The first-order valence-corrected chi connectivity index (χ1v) is 30.2. The number of halogens is 2. The first-order chi connectivity index (χ1) is 40.7. The fourth-order valence-corrected chi connectivity index (χ4v) is 13.6. The number of likely N-dealkylation sites (tertiary alicyclic amines) is 2. The zero-order chi connectivity index (χ0) is 56.7. The Bertz CT molecular complexity index is 3320. The number of benzene rings is 2. The summed E-state index contributed by atoms with van der Waals surface area (Å²) in [5.41, 5.74) is 9.34. The fraction of sp³-hybridized carbons (Fsp3) is 0.548. The molecule has 0 spiro atoms. The van der Waals surface area contributed by atoms with Crippen molar-refractivity contribution >= 4 is 34.3 Å². The third kappa shape index (κ3) is 12.8. The van der Waals surface area contributed by atoms with E-state index in [2.05, 4.69) is 52.6 Å². The number of piperidine rings is 2. The van der Waals surface area contributed by atoms with Gasteiger partial charge in [0.05, 0.1) is 19.1 Å². The summed E-state index contributed by atoms with van der Waals surface area (Å²) in [6.45, 7) is 11.7. The van der Waals surface area contributed by atoms with Crippen molar-refractivity contribution in [1.29, 1.82) is 0 Å². The predicted molar refractivity (Wildman–Crippen MR) is 306 cm³/mol. The van der Waals surface area contributed by atoms with Crippen LogP contribution in [0.1, 0.15) is 109 Å². The average Bonchev–Trinajstić information content (AvgIpc) is 4.44. The fourth-order valence-electron chi connectivity index (χ4n) is 13.6. The Morgan fingerprint density at radius 3 is 1.57 bits per heavy atom. The van der Waals surface area contributed by atoms with Gasteiger partial charge in [0.2, 0.25) is 5.91 Å². The van der Waals surface area contributed by atoms with Crippen LogP contribution in [0.15, 0.2) is 61.5 Å². The summed E-state index contributed by atoms with van der Waals surface area (Å²) < 4.78 is 54.9. The van der Waals surface area contributed by atoms with Gasteiger partial charge in [0, 0.05) is 124 Å². The van der Waals surface area contributed by atoms with E-state index in [1.54, 1.807) is 24.8 Å². The van der Waals surface area contributed by atoms with Gasteiger partial charge >= 0.3 is 5.97 Å². The number of aliphatic carboxylic acids is 1. The van der Waals surface area contributed by atoms with Gasteiger partial charge in [-0.1, -0.05) is 12.2 Å². The van der Waals surface area contributed by atoms with E-state index in [-0.39, 0.29) is 29.4 Å². The molecule has 0 unspecified atom stereocenters. The van der Waals surface area contributed by atoms with Gasteiger partial charge in [0.15, 0.2) is 11.3 Å². The van der Waals surface area contributed by atoms with Gasteiger partial charge in [0.1, 0.15) is 47.4 Å². The van der Waals surface area contributed by atoms with Gasteiger partial charge in [-0.2, -0.15) is 0 Å². The molecular weight excluding hydrogens is 1060 g/mol. The molecule has 4 saturated heterocycles. The second-order valence-electron chi connectivity index (χ2n) is 23.0. The topological polar surface area (TPSA) is 199 Å². The smallest absolute Gasteiger partial charge is 0.306 e. The van der Waals surface area contributed by atoms with Crippen molar-refractivity contribution in [2.75, 3.05) is 92.0 Å². The number of nitrogens with one attached hydrogen (secondary N) is 1. The van der Waals surface area contributed by atoms with Crippen molar-refractivity contribution in [3.63, 3.8) is 0 Å². The molecule has 8 aliphatic heterocycles. The van der Waals surface area contributed by atoms with Crippen LogP contribution < -0.4 is 14.8 Å². The molecule has 0 radical (unpaired) electrons. The minimum atomic E-state index is -0.623. The SMILES string of the molecule is Fc1ccc2c(c1CCc1ncc(C3=CCNCC3)c3nncn13)CCO2.O=C(C1CCN(C2CCOCC2)CC1)N1CC=C(c2cnc(CCc3c(F)ccc4c3CCO4)n3cnnc23)CC1.O=C(O)C1CCN(C2CCOCC2)CC1. The van der Waals surface area contributed by atoms with Crippen LogP contribution in [0.4, 0.5) is 8.78 Å². The molecule has 4 aromatic heterocycles. The third-order valence-corrected chi connectivity index (χ3v) is 18.3. The van der Waals surface area contributed by atoms with E-state index in [1.165, 1.54) is 17.7 Å². The van der Waals surface area contributed by atoms with Crippen LogP contribution in [-0.2, 0) is 57.6 Å². The molecule has 83 heavy (non-hydrogen) atoms. The van der Waals surface area contributed by atoms with E-state index in [9.17, 15) is 18.4 Å². The van der Waals surface area contributed by atoms with Gasteiger partial charge in [0.25, 0.3) is 0 Å². The number of aryl methyl sites for hydroxylation is 2. The normalized spacial score (nSPS) is 20.3. The van der Waals surface area contributed by atoms with Gasteiger partial charge in [-0.25, -0.2) is 18.7 Å². The Hall–Kier alpha value is -6.78. The lowest BCUT2D eigenvalue weighted by Gasteiger charge is -2.40. The number of nitrogens with zero attached hydrogens (tertiary/aromatic N) is 11. The van der Waals surface area contributed by atoms with Crippen LogP contribution in [-0.4, -0.2) is 175 Å². The molecular formula is C62H76F2N12O7. The van der Waals surface area contributed by atoms with Crippen LogP contribution in [0.5, 0.6) is 11.5 Å². The largest absolute Gasteiger partial charge is 0.493 e. The average molecular weight is 1140 g/mol. The number of amides is 1. The van der Waals surface area contributed by atoms with Crippen molar-refractivity contribution in [2.24, 2.45) is 11.8 Å². The molecule has 0 bridgehead atoms. The van der Waals surface area contributed by atoms with Crippen molar-refractivity contribution in [2.45, 2.75) is 115 Å². The molecule has 0 saturated carbocycles. The quantitative estimate of drug-likeness (QED) is 0.129. The maximum absolute atomic E-state index is 14.7. The second kappa shape index (κ2) is 26.4. The highest BCUT2D eigenvalue weighted by molar-refractivity contribution is 5.82. The first-order valence-electron chi connectivity index (χ1n) is 30.2. The van der Waals surface area contributed by atoms with Crippen LogP contribution in [0.25, 0.3) is 22.4 Å². The Morgan fingerprint density at radius 1 is 0.590 bits per heavy atom. The number of rotatable bonds is 12. The Balaban J connectivity index is 0.000000138. The monoisotopic (exact) mass is 1140 g/mol. The summed E-state index contributed by atoms with van der Waals surface area (Å²) in [5.74, 6) is 2.54. The van der Waals surface area contributed by atoms with Crippen LogP contribution in [0.2, 0.25) is 0 Å². The Morgan fingerprint density at radius 2 is 1.10 bits per heavy atom. The van der Waals surface area contributed by atoms with Crippen LogP contribution >= 0.6 is 0 Å². The lowest BCUT2D eigenvalue weighted by atomic mass is 9.92. The first kappa shape index (κ1) is 56.7. The lowest BCUT2D eigenvalue weighted by molar-refractivity contribution is -0.143. The minimum absolute atomic E-state index is 0.110. The molecule has 440 valence electrons. The summed E-state index contributed by atoms with van der Waals surface area (Å²) >= 11 is 0. The van der Waals surface area contributed by atoms with Gasteiger partial charge in [-0.3, -0.25) is 18.4 Å². The molecule has 8 aliphatic rings. The number of aromatic nitrogens is 8.